The second-order valence-electron chi connectivity index (χ2n) is 6.85. The van der Waals surface area contributed by atoms with Crippen molar-refractivity contribution in [2.75, 3.05) is 13.1 Å². The van der Waals surface area contributed by atoms with Crippen molar-refractivity contribution in [2.45, 2.75) is 33.1 Å². The monoisotopic (exact) mass is 328 g/mol. The summed E-state index contributed by atoms with van der Waals surface area (Å²) in [7, 11) is 0. The van der Waals surface area contributed by atoms with Crippen LogP contribution in [0.3, 0.4) is 0 Å². The first kappa shape index (κ1) is 18.2. The molecule has 1 fully saturated rings. The highest BCUT2D eigenvalue weighted by atomic mass is 16.4. The molecule has 0 radical (unpaired) electrons. The zero-order valence-electron chi connectivity index (χ0n) is 14.2. The van der Waals surface area contributed by atoms with Crippen molar-refractivity contribution in [3.63, 3.8) is 0 Å². The summed E-state index contributed by atoms with van der Waals surface area (Å²) in [6.07, 6.45) is 1.52. The van der Waals surface area contributed by atoms with E-state index in [4.69, 9.17) is 0 Å². The summed E-state index contributed by atoms with van der Waals surface area (Å²) in [4.78, 5) is 23.6. The summed E-state index contributed by atoms with van der Waals surface area (Å²) in [5.41, 5.74) is 2.09. The van der Waals surface area contributed by atoms with Crippen LogP contribution in [0.25, 0.3) is 0 Å². The Morgan fingerprint density at radius 3 is 2.58 bits per heavy atom. The van der Waals surface area contributed by atoms with E-state index in [-0.39, 0.29) is 24.0 Å². The number of hydrogen-bond acceptors (Lipinski definition) is 4. The zero-order chi connectivity index (χ0) is 17.7. The van der Waals surface area contributed by atoms with Crippen molar-refractivity contribution in [1.29, 1.82) is 5.26 Å². The van der Waals surface area contributed by atoms with E-state index in [0.29, 0.717) is 18.5 Å². The molecule has 0 bridgehead atoms. The molecule has 1 heterocycles. The maximum absolute atomic E-state index is 12.0. The number of nitriles is 1. The first-order valence-electron chi connectivity index (χ1n) is 8.40. The van der Waals surface area contributed by atoms with Crippen molar-refractivity contribution in [1.82, 2.24) is 5.32 Å². The number of nitrogens with one attached hydrogen (secondary N) is 1. The first-order chi connectivity index (χ1) is 11.4. The van der Waals surface area contributed by atoms with Crippen LogP contribution in [0.15, 0.2) is 18.2 Å². The minimum atomic E-state index is -0.800. The summed E-state index contributed by atoms with van der Waals surface area (Å²) in [5.74, 6) is -1.11. The Morgan fingerprint density at radius 2 is 2.04 bits per heavy atom. The van der Waals surface area contributed by atoms with Crippen LogP contribution in [-0.4, -0.2) is 29.9 Å². The summed E-state index contributed by atoms with van der Waals surface area (Å²) in [6.45, 7) is 5.27. The maximum atomic E-state index is 12.0. The molecule has 2 rings (SSSR count). The average Bonchev–Trinajstić information content (AvgIpc) is 3.05. The molecule has 0 saturated carbocycles. The van der Waals surface area contributed by atoms with Gasteiger partial charge in [-0.15, -0.1) is 0 Å². The lowest BCUT2D eigenvalue weighted by atomic mass is 9.85. The van der Waals surface area contributed by atoms with Crippen LogP contribution < -0.4 is 5.32 Å². The Labute approximate surface area is 142 Å². The summed E-state index contributed by atoms with van der Waals surface area (Å²) in [6, 6.07) is 7.44. The molecule has 0 aliphatic carbocycles. The van der Waals surface area contributed by atoms with Crippen molar-refractivity contribution < 1.29 is 14.7 Å². The van der Waals surface area contributed by atoms with Crippen LogP contribution in [0.2, 0.25) is 0 Å². The van der Waals surface area contributed by atoms with E-state index in [1.165, 1.54) is 0 Å². The predicted molar refractivity (Wildman–Crippen MR) is 90.5 cm³/mol. The fraction of sp³-hybridized carbons (Fsp3) is 0.526. The Kier molecular flexibility index (Phi) is 6.10. The topological polar surface area (TPSA) is 90.2 Å². The number of carbonyl (C=O) groups excluding carboxylic acids is 1. The van der Waals surface area contributed by atoms with Crippen LogP contribution in [0.1, 0.15) is 37.0 Å². The number of nitrogens with zero attached hydrogens (tertiary/aromatic N) is 1. The van der Waals surface area contributed by atoms with Gasteiger partial charge in [0, 0.05) is 12.3 Å². The number of hydrogen-bond donors (Lipinski definition) is 2. The number of carbonyl (C=O) groups is 2. The Morgan fingerprint density at radius 1 is 1.33 bits per heavy atom. The first-order valence-corrected chi connectivity index (χ1v) is 8.40. The number of carboxylic acids is 1. The van der Waals surface area contributed by atoms with Crippen LogP contribution in [0.4, 0.5) is 0 Å². The molecule has 128 valence electrons. The molecule has 0 spiro atoms. The van der Waals surface area contributed by atoms with Crippen molar-refractivity contribution in [3.8, 4) is 6.07 Å². The SMILES string of the molecule is CC(C)C(=O)Cc1cc(C#N)cc(C[C@H](C(=O)O)[C@H]2CCNC2)c1. The lowest BCUT2D eigenvalue weighted by Gasteiger charge is -2.19. The molecule has 1 aromatic carbocycles. The standard InChI is InChI=1S/C19H24N2O3/c1-12(2)18(22)9-14-5-13(6-15(7-14)10-20)8-17(19(23)24)16-3-4-21-11-16/h5-7,12,16-17,21H,3-4,8-9,11H2,1-2H3,(H,23,24)/t16-,17-/m0/s1. The van der Waals surface area contributed by atoms with E-state index in [9.17, 15) is 20.0 Å². The molecule has 1 aliphatic heterocycles. The molecule has 5 nitrogen and oxygen atoms in total. The van der Waals surface area contributed by atoms with Gasteiger partial charge in [-0.1, -0.05) is 19.9 Å². The largest absolute Gasteiger partial charge is 0.481 e. The number of carboxylic acid groups (broad SMARTS) is 1. The van der Waals surface area contributed by atoms with E-state index in [1.807, 2.05) is 19.9 Å². The summed E-state index contributed by atoms with van der Waals surface area (Å²) < 4.78 is 0. The van der Waals surface area contributed by atoms with Gasteiger partial charge in [-0.2, -0.15) is 5.26 Å². The van der Waals surface area contributed by atoms with Crippen molar-refractivity contribution in [2.24, 2.45) is 17.8 Å². The Hall–Kier alpha value is -2.19. The number of aliphatic carboxylic acids is 1. The van der Waals surface area contributed by atoms with Gasteiger partial charge in [0.2, 0.25) is 0 Å². The third kappa shape index (κ3) is 4.65. The summed E-state index contributed by atoms with van der Waals surface area (Å²) in [5, 5.41) is 22.0. The van der Waals surface area contributed by atoms with Gasteiger partial charge < -0.3 is 10.4 Å². The molecule has 2 N–H and O–H groups in total. The molecule has 5 heteroatoms. The molecule has 1 aliphatic rings. The van der Waals surface area contributed by atoms with Gasteiger partial charge in [0.1, 0.15) is 5.78 Å². The predicted octanol–water partition coefficient (Wildman–Crippen LogP) is 2.18. The second-order valence-corrected chi connectivity index (χ2v) is 6.85. The quantitative estimate of drug-likeness (QED) is 0.800. The lowest BCUT2D eigenvalue weighted by Crippen LogP contribution is -2.27. The van der Waals surface area contributed by atoms with E-state index in [0.717, 1.165) is 24.1 Å². The van der Waals surface area contributed by atoms with E-state index in [1.54, 1.807) is 12.1 Å². The highest BCUT2D eigenvalue weighted by Crippen LogP contribution is 2.25. The molecule has 24 heavy (non-hydrogen) atoms. The molecular formula is C19H24N2O3. The number of ketones is 1. The molecule has 1 saturated heterocycles. The number of rotatable bonds is 7. The minimum absolute atomic E-state index is 0.0597. The van der Waals surface area contributed by atoms with E-state index < -0.39 is 11.9 Å². The van der Waals surface area contributed by atoms with Gasteiger partial charge in [0.15, 0.2) is 0 Å². The average molecular weight is 328 g/mol. The molecule has 0 aromatic heterocycles. The summed E-state index contributed by atoms with van der Waals surface area (Å²) >= 11 is 0. The Balaban J connectivity index is 2.23. The second kappa shape index (κ2) is 8.07. The zero-order valence-corrected chi connectivity index (χ0v) is 14.2. The molecular weight excluding hydrogens is 304 g/mol. The molecule has 2 atom stereocenters. The third-order valence-electron chi connectivity index (χ3n) is 4.64. The van der Waals surface area contributed by atoms with E-state index in [2.05, 4.69) is 11.4 Å². The van der Waals surface area contributed by atoms with Gasteiger partial charge in [-0.3, -0.25) is 9.59 Å². The molecule has 0 amide bonds. The lowest BCUT2D eigenvalue weighted by molar-refractivity contribution is -0.143. The van der Waals surface area contributed by atoms with Gasteiger partial charge in [-0.25, -0.2) is 0 Å². The minimum Gasteiger partial charge on any atom is -0.481 e. The van der Waals surface area contributed by atoms with Crippen molar-refractivity contribution >= 4 is 11.8 Å². The Bertz CT molecular complexity index is 655. The van der Waals surface area contributed by atoms with Crippen LogP contribution in [0, 0.1) is 29.1 Å². The highest BCUT2D eigenvalue weighted by molar-refractivity contribution is 5.82. The van der Waals surface area contributed by atoms with Crippen LogP contribution >= 0.6 is 0 Å². The van der Waals surface area contributed by atoms with Crippen LogP contribution in [0.5, 0.6) is 0 Å². The normalized spacial score (nSPS) is 18.3. The smallest absolute Gasteiger partial charge is 0.307 e. The fourth-order valence-corrected chi connectivity index (χ4v) is 3.18. The molecule has 1 aromatic rings. The van der Waals surface area contributed by atoms with E-state index >= 15 is 0 Å². The van der Waals surface area contributed by atoms with Gasteiger partial charge in [0.25, 0.3) is 0 Å². The highest BCUT2D eigenvalue weighted by Gasteiger charge is 2.30. The number of benzene rings is 1. The maximum Gasteiger partial charge on any atom is 0.307 e. The van der Waals surface area contributed by atoms with Crippen LogP contribution in [-0.2, 0) is 22.4 Å². The number of Topliss-reactive ketones (excluding diaryl/α,β-unsaturated/α-hetero) is 1. The van der Waals surface area contributed by atoms with Crippen molar-refractivity contribution in [3.05, 3.63) is 34.9 Å². The third-order valence-corrected chi connectivity index (χ3v) is 4.64. The van der Waals surface area contributed by atoms with Gasteiger partial charge in [-0.05, 0) is 55.1 Å². The van der Waals surface area contributed by atoms with Gasteiger partial charge >= 0.3 is 5.97 Å². The van der Waals surface area contributed by atoms with Gasteiger partial charge in [0.05, 0.1) is 17.6 Å². The fourth-order valence-electron chi connectivity index (χ4n) is 3.18. The molecule has 0 unspecified atom stereocenters.